The molecule has 1 atom stereocenters. The molecule has 1 aromatic carbocycles. The average molecular weight is 267 g/mol. The van der Waals surface area contributed by atoms with Crippen molar-refractivity contribution in [1.29, 1.82) is 0 Å². The molecule has 0 aliphatic rings. The zero-order chi connectivity index (χ0) is 14.7. The van der Waals surface area contributed by atoms with Gasteiger partial charge >= 0.3 is 0 Å². The van der Waals surface area contributed by atoms with Crippen molar-refractivity contribution < 1.29 is 19.4 Å². The van der Waals surface area contributed by atoms with Crippen LogP contribution in [0, 0.1) is 0 Å². The van der Waals surface area contributed by atoms with Crippen LogP contribution in [-0.4, -0.2) is 30.5 Å². The number of carbonyl (C=O) groups excluding carboxylic acids is 1. The number of benzene rings is 1. The fourth-order valence-corrected chi connectivity index (χ4v) is 1.13. The number of primary amides is 1. The summed E-state index contributed by atoms with van der Waals surface area (Å²) in [4.78, 5) is 10.9. The van der Waals surface area contributed by atoms with Crippen LogP contribution in [0.25, 0.3) is 0 Å². The Kier molecular flexibility index (Phi) is 9.12. The van der Waals surface area contributed by atoms with Crippen LogP contribution in [0.1, 0.15) is 24.2 Å². The average Bonchev–Trinajstić information content (AvgIpc) is 2.45. The maximum Gasteiger partial charge on any atom is 0.248 e. The molecule has 0 bridgehead atoms. The molecule has 1 unspecified atom stereocenters. The lowest BCUT2D eigenvalue weighted by Crippen LogP contribution is -2.21. The van der Waals surface area contributed by atoms with E-state index >= 15 is 0 Å². The minimum Gasteiger partial charge on any atom is -0.488 e. The van der Waals surface area contributed by atoms with Crippen LogP contribution in [0.3, 0.4) is 0 Å². The van der Waals surface area contributed by atoms with E-state index in [0.29, 0.717) is 11.3 Å². The highest BCUT2D eigenvalue weighted by molar-refractivity contribution is 5.93. The lowest BCUT2D eigenvalue weighted by Gasteiger charge is -2.12. The van der Waals surface area contributed by atoms with Crippen LogP contribution < -0.4 is 10.5 Å². The SMILES string of the molecule is C=CCOC(O)COc1cccc(C(N)=O)c1.CC. The molecular formula is C14H21NO4. The second kappa shape index (κ2) is 10.1. The van der Waals surface area contributed by atoms with Gasteiger partial charge in [0.05, 0.1) is 6.61 Å². The molecule has 1 rings (SSSR count). The van der Waals surface area contributed by atoms with Crippen LogP contribution in [0.4, 0.5) is 0 Å². The number of aliphatic hydroxyl groups excluding tert-OH is 1. The Bertz CT molecular complexity index is 393. The van der Waals surface area contributed by atoms with Crippen molar-refractivity contribution in [2.75, 3.05) is 13.2 Å². The number of aliphatic hydroxyl groups is 1. The van der Waals surface area contributed by atoms with Gasteiger partial charge in [-0.15, -0.1) is 6.58 Å². The predicted octanol–water partition coefficient (Wildman–Crippen LogP) is 1.71. The Balaban J connectivity index is 0.00000154. The van der Waals surface area contributed by atoms with Crippen LogP contribution >= 0.6 is 0 Å². The van der Waals surface area contributed by atoms with Gasteiger partial charge in [0.2, 0.25) is 5.91 Å². The van der Waals surface area contributed by atoms with E-state index in [1.807, 2.05) is 13.8 Å². The van der Waals surface area contributed by atoms with Gasteiger partial charge in [-0.2, -0.15) is 0 Å². The van der Waals surface area contributed by atoms with Crippen molar-refractivity contribution >= 4 is 5.91 Å². The first-order chi connectivity index (χ1) is 9.13. The van der Waals surface area contributed by atoms with E-state index in [1.165, 1.54) is 12.1 Å². The van der Waals surface area contributed by atoms with E-state index in [2.05, 4.69) is 6.58 Å². The van der Waals surface area contributed by atoms with Crippen molar-refractivity contribution in [2.24, 2.45) is 5.73 Å². The lowest BCUT2D eigenvalue weighted by atomic mass is 10.2. The monoisotopic (exact) mass is 267 g/mol. The third-order valence-corrected chi connectivity index (χ3v) is 1.92. The molecule has 5 nitrogen and oxygen atoms in total. The van der Waals surface area contributed by atoms with Crippen LogP contribution in [-0.2, 0) is 4.74 Å². The number of hydrogen-bond donors (Lipinski definition) is 2. The van der Waals surface area contributed by atoms with Crippen LogP contribution in [0.2, 0.25) is 0 Å². The van der Waals surface area contributed by atoms with E-state index in [0.717, 1.165) is 0 Å². The third-order valence-electron chi connectivity index (χ3n) is 1.92. The maximum absolute atomic E-state index is 10.9. The first kappa shape index (κ1) is 17.2. The van der Waals surface area contributed by atoms with E-state index in [-0.39, 0.29) is 13.2 Å². The summed E-state index contributed by atoms with van der Waals surface area (Å²) < 4.78 is 10.2. The van der Waals surface area contributed by atoms with Gasteiger partial charge < -0.3 is 20.3 Å². The molecule has 0 saturated carbocycles. The summed E-state index contributed by atoms with van der Waals surface area (Å²) in [5.41, 5.74) is 5.48. The summed E-state index contributed by atoms with van der Waals surface area (Å²) in [6.07, 6.45) is 0.488. The second-order valence-corrected chi connectivity index (χ2v) is 3.28. The third kappa shape index (κ3) is 7.23. The normalized spacial score (nSPS) is 10.9. The Morgan fingerprint density at radius 1 is 1.53 bits per heavy atom. The van der Waals surface area contributed by atoms with Gasteiger partial charge in [-0.3, -0.25) is 4.79 Å². The van der Waals surface area contributed by atoms with Gasteiger partial charge in [-0.25, -0.2) is 0 Å². The highest BCUT2D eigenvalue weighted by Crippen LogP contribution is 2.13. The fraction of sp³-hybridized carbons (Fsp3) is 0.357. The minimum atomic E-state index is -1.04. The summed E-state index contributed by atoms with van der Waals surface area (Å²) in [5, 5.41) is 9.33. The van der Waals surface area contributed by atoms with Crippen molar-refractivity contribution in [3.8, 4) is 5.75 Å². The van der Waals surface area contributed by atoms with Gasteiger partial charge in [-0.05, 0) is 18.2 Å². The van der Waals surface area contributed by atoms with Crippen LogP contribution in [0.15, 0.2) is 36.9 Å². The van der Waals surface area contributed by atoms with Gasteiger partial charge in [0.15, 0.2) is 6.29 Å². The van der Waals surface area contributed by atoms with Crippen molar-refractivity contribution in [3.05, 3.63) is 42.5 Å². The molecule has 0 aliphatic heterocycles. The molecule has 3 N–H and O–H groups in total. The topological polar surface area (TPSA) is 81.8 Å². The molecule has 0 radical (unpaired) electrons. The molecule has 0 fully saturated rings. The Hall–Kier alpha value is -1.85. The van der Waals surface area contributed by atoms with E-state index < -0.39 is 12.2 Å². The number of nitrogens with two attached hydrogens (primary N) is 1. The van der Waals surface area contributed by atoms with Gasteiger partial charge in [-0.1, -0.05) is 26.0 Å². The van der Waals surface area contributed by atoms with E-state index in [9.17, 15) is 9.90 Å². The van der Waals surface area contributed by atoms with E-state index in [1.54, 1.807) is 18.2 Å². The quantitative estimate of drug-likeness (QED) is 0.582. The maximum atomic E-state index is 10.9. The smallest absolute Gasteiger partial charge is 0.248 e. The molecule has 0 aromatic heterocycles. The minimum absolute atomic E-state index is 0.0317. The molecule has 1 aromatic rings. The Labute approximate surface area is 113 Å². The summed E-state index contributed by atoms with van der Waals surface area (Å²) in [7, 11) is 0. The highest BCUT2D eigenvalue weighted by Gasteiger charge is 2.06. The number of ether oxygens (including phenoxy) is 2. The number of amides is 1. The Morgan fingerprint density at radius 3 is 2.79 bits per heavy atom. The van der Waals surface area contributed by atoms with Crippen molar-refractivity contribution in [3.63, 3.8) is 0 Å². The molecule has 0 heterocycles. The number of carbonyl (C=O) groups is 1. The van der Waals surface area contributed by atoms with Crippen LogP contribution in [0.5, 0.6) is 5.75 Å². The lowest BCUT2D eigenvalue weighted by molar-refractivity contribution is -0.110. The molecule has 19 heavy (non-hydrogen) atoms. The molecule has 0 spiro atoms. The Morgan fingerprint density at radius 2 is 2.21 bits per heavy atom. The summed E-state index contributed by atoms with van der Waals surface area (Å²) in [6, 6.07) is 6.39. The van der Waals surface area contributed by atoms with Crippen molar-refractivity contribution in [2.45, 2.75) is 20.1 Å². The molecule has 0 saturated heterocycles. The van der Waals surface area contributed by atoms with Crippen molar-refractivity contribution in [1.82, 2.24) is 0 Å². The molecule has 0 aliphatic carbocycles. The number of hydrogen-bond acceptors (Lipinski definition) is 4. The fourth-order valence-electron chi connectivity index (χ4n) is 1.13. The number of rotatable bonds is 7. The van der Waals surface area contributed by atoms with Gasteiger partial charge in [0.1, 0.15) is 12.4 Å². The van der Waals surface area contributed by atoms with Gasteiger partial charge in [0, 0.05) is 5.56 Å². The molecule has 106 valence electrons. The largest absolute Gasteiger partial charge is 0.488 e. The van der Waals surface area contributed by atoms with Gasteiger partial charge in [0.25, 0.3) is 0 Å². The highest BCUT2D eigenvalue weighted by atomic mass is 16.6. The first-order valence-electron chi connectivity index (χ1n) is 6.06. The zero-order valence-corrected chi connectivity index (χ0v) is 11.3. The first-order valence-corrected chi connectivity index (χ1v) is 6.06. The second-order valence-electron chi connectivity index (χ2n) is 3.28. The summed E-state index contributed by atoms with van der Waals surface area (Å²) in [5.74, 6) is -0.0820. The van der Waals surface area contributed by atoms with E-state index in [4.69, 9.17) is 15.2 Å². The summed E-state index contributed by atoms with van der Waals surface area (Å²) in [6.45, 7) is 7.66. The molecule has 5 heteroatoms. The zero-order valence-electron chi connectivity index (χ0n) is 11.3. The predicted molar refractivity (Wildman–Crippen MR) is 74.0 cm³/mol. The molecular weight excluding hydrogens is 246 g/mol. The molecule has 1 amide bonds. The standard InChI is InChI=1S/C12H15NO4.C2H6/c1-2-6-16-11(14)8-17-10-5-3-4-9(7-10)12(13)15;1-2/h2-5,7,11,14H,1,6,8H2,(H2,13,15);1-2H3. The summed E-state index contributed by atoms with van der Waals surface area (Å²) >= 11 is 0.